The highest BCUT2D eigenvalue weighted by molar-refractivity contribution is 7.80. The highest BCUT2D eigenvalue weighted by Crippen LogP contribution is 2.15. The maximum absolute atomic E-state index is 13.4. The van der Waals surface area contributed by atoms with Gasteiger partial charge in [-0.1, -0.05) is 25.1 Å². The molecule has 0 aliphatic carbocycles. The van der Waals surface area contributed by atoms with Gasteiger partial charge >= 0.3 is 0 Å². The highest BCUT2D eigenvalue weighted by Gasteiger charge is 2.02. The summed E-state index contributed by atoms with van der Waals surface area (Å²) in [6.07, 6.45) is 1.01. The van der Waals surface area contributed by atoms with Gasteiger partial charge in [-0.3, -0.25) is 0 Å². The third-order valence-corrected chi connectivity index (χ3v) is 3.25. The Bertz CT molecular complexity index is 608. The number of nitrogens with one attached hydrogen (secondary N) is 2. The summed E-state index contributed by atoms with van der Waals surface area (Å²) >= 11 is 5.21. The molecule has 2 nitrogen and oxygen atoms in total. The van der Waals surface area contributed by atoms with Gasteiger partial charge in [0, 0.05) is 11.4 Å². The number of rotatable bonds is 3. The first-order valence-electron chi connectivity index (χ1n) is 6.51. The van der Waals surface area contributed by atoms with Crippen molar-refractivity contribution in [3.8, 4) is 0 Å². The van der Waals surface area contributed by atoms with Crippen molar-refractivity contribution >= 4 is 28.7 Å². The van der Waals surface area contributed by atoms with E-state index in [1.54, 1.807) is 19.1 Å². The number of halogens is 1. The zero-order chi connectivity index (χ0) is 14.5. The molecule has 0 radical (unpaired) electrons. The number of hydrogen-bond donors (Lipinski definition) is 2. The molecule has 0 amide bonds. The minimum atomic E-state index is -0.245. The van der Waals surface area contributed by atoms with Crippen LogP contribution in [0, 0.1) is 12.7 Å². The molecule has 0 aliphatic heterocycles. The number of benzene rings is 2. The van der Waals surface area contributed by atoms with Crippen LogP contribution in [0.1, 0.15) is 18.1 Å². The van der Waals surface area contributed by atoms with Crippen molar-refractivity contribution in [1.82, 2.24) is 0 Å². The fraction of sp³-hybridized carbons (Fsp3) is 0.188. The smallest absolute Gasteiger partial charge is 0.175 e. The fourth-order valence-corrected chi connectivity index (χ4v) is 2.02. The molecule has 0 saturated heterocycles. The van der Waals surface area contributed by atoms with E-state index in [1.165, 1.54) is 11.6 Å². The zero-order valence-electron chi connectivity index (χ0n) is 11.5. The van der Waals surface area contributed by atoms with Crippen molar-refractivity contribution < 1.29 is 4.39 Å². The molecule has 20 heavy (non-hydrogen) atoms. The predicted molar refractivity (Wildman–Crippen MR) is 86.8 cm³/mol. The molecule has 2 rings (SSSR count). The summed E-state index contributed by atoms with van der Waals surface area (Å²) in [7, 11) is 0. The molecule has 2 aromatic rings. The first-order chi connectivity index (χ1) is 9.58. The average Bonchev–Trinajstić information content (AvgIpc) is 2.44. The normalized spacial score (nSPS) is 10.2. The molecule has 0 bridgehead atoms. The van der Waals surface area contributed by atoms with E-state index in [0.717, 1.165) is 12.1 Å². The van der Waals surface area contributed by atoms with Gasteiger partial charge in [-0.2, -0.15) is 0 Å². The Hall–Kier alpha value is -1.94. The second kappa shape index (κ2) is 6.48. The molecule has 0 aliphatic rings. The summed E-state index contributed by atoms with van der Waals surface area (Å²) in [6.45, 7) is 3.84. The van der Waals surface area contributed by atoms with E-state index in [2.05, 4.69) is 29.7 Å². The maximum atomic E-state index is 13.4. The van der Waals surface area contributed by atoms with Gasteiger partial charge in [-0.25, -0.2) is 4.39 Å². The molecular weight excluding hydrogens is 271 g/mol. The standard InChI is InChI=1S/C16H17FN2S/c1-3-12-5-8-13(9-6-12)18-16(20)19-14-7-4-11(2)15(17)10-14/h4-10H,3H2,1-2H3,(H2,18,19,20). The molecular formula is C16H17FN2S. The third-order valence-electron chi connectivity index (χ3n) is 3.05. The van der Waals surface area contributed by atoms with Crippen LogP contribution in [-0.4, -0.2) is 5.11 Å². The van der Waals surface area contributed by atoms with E-state index in [1.807, 2.05) is 12.1 Å². The zero-order valence-corrected chi connectivity index (χ0v) is 12.4. The number of thiocarbonyl (C=S) groups is 1. The van der Waals surface area contributed by atoms with Crippen molar-refractivity contribution in [1.29, 1.82) is 0 Å². The quantitative estimate of drug-likeness (QED) is 0.813. The lowest BCUT2D eigenvalue weighted by Gasteiger charge is -2.11. The molecule has 4 heteroatoms. The number of hydrogen-bond acceptors (Lipinski definition) is 1. The van der Waals surface area contributed by atoms with Crippen molar-refractivity contribution in [2.75, 3.05) is 10.6 Å². The Labute approximate surface area is 124 Å². The maximum Gasteiger partial charge on any atom is 0.175 e. The lowest BCUT2D eigenvalue weighted by atomic mass is 10.1. The Balaban J connectivity index is 1.99. The van der Waals surface area contributed by atoms with Crippen molar-refractivity contribution in [2.45, 2.75) is 20.3 Å². The average molecular weight is 288 g/mol. The predicted octanol–water partition coefficient (Wildman–Crippen LogP) is 4.51. The second-order valence-electron chi connectivity index (χ2n) is 4.59. The Morgan fingerprint density at radius 3 is 2.25 bits per heavy atom. The van der Waals surface area contributed by atoms with Crippen LogP contribution in [0.3, 0.4) is 0 Å². The van der Waals surface area contributed by atoms with Gasteiger partial charge < -0.3 is 10.6 Å². The second-order valence-corrected chi connectivity index (χ2v) is 5.00. The molecule has 0 spiro atoms. The van der Waals surface area contributed by atoms with E-state index in [4.69, 9.17) is 12.2 Å². The van der Waals surface area contributed by atoms with E-state index in [-0.39, 0.29) is 5.82 Å². The summed E-state index contributed by atoms with van der Waals surface area (Å²) in [5, 5.41) is 6.48. The molecule has 104 valence electrons. The molecule has 2 N–H and O–H groups in total. The topological polar surface area (TPSA) is 24.1 Å². The van der Waals surface area contributed by atoms with E-state index in [9.17, 15) is 4.39 Å². The van der Waals surface area contributed by atoms with Crippen LogP contribution >= 0.6 is 12.2 Å². The van der Waals surface area contributed by atoms with Crippen LogP contribution < -0.4 is 10.6 Å². The Morgan fingerprint density at radius 2 is 1.65 bits per heavy atom. The van der Waals surface area contributed by atoms with Crippen LogP contribution in [-0.2, 0) is 6.42 Å². The minimum Gasteiger partial charge on any atom is -0.332 e. The van der Waals surface area contributed by atoms with Crippen LogP contribution in [0.15, 0.2) is 42.5 Å². The summed E-state index contributed by atoms with van der Waals surface area (Å²) in [5.74, 6) is -0.245. The van der Waals surface area contributed by atoms with Crippen molar-refractivity contribution in [3.63, 3.8) is 0 Å². The SMILES string of the molecule is CCc1ccc(NC(=S)Nc2ccc(C)c(F)c2)cc1. The van der Waals surface area contributed by atoms with E-state index in [0.29, 0.717) is 16.4 Å². The number of anilines is 2. The Kier molecular flexibility index (Phi) is 4.69. The third kappa shape index (κ3) is 3.78. The lowest BCUT2D eigenvalue weighted by molar-refractivity contribution is 0.619. The summed E-state index contributed by atoms with van der Waals surface area (Å²) in [4.78, 5) is 0. The van der Waals surface area contributed by atoms with Crippen LogP contribution in [0.5, 0.6) is 0 Å². The molecule has 0 fully saturated rings. The van der Waals surface area contributed by atoms with E-state index < -0.39 is 0 Å². The molecule has 0 heterocycles. The first kappa shape index (κ1) is 14.5. The lowest BCUT2D eigenvalue weighted by Crippen LogP contribution is -2.19. The largest absolute Gasteiger partial charge is 0.332 e. The van der Waals surface area contributed by atoms with Crippen LogP contribution in [0.25, 0.3) is 0 Å². The van der Waals surface area contributed by atoms with Gasteiger partial charge in [-0.15, -0.1) is 0 Å². The summed E-state index contributed by atoms with van der Waals surface area (Å²) in [6, 6.07) is 13.0. The first-order valence-corrected chi connectivity index (χ1v) is 6.92. The minimum absolute atomic E-state index is 0.245. The highest BCUT2D eigenvalue weighted by atomic mass is 32.1. The van der Waals surface area contributed by atoms with Crippen molar-refractivity contribution in [2.24, 2.45) is 0 Å². The molecule has 0 saturated carbocycles. The molecule has 0 unspecified atom stereocenters. The van der Waals surface area contributed by atoms with E-state index >= 15 is 0 Å². The fourth-order valence-electron chi connectivity index (χ4n) is 1.79. The van der Waals surface area contributed by atoms with Crippen LogP contribution in [0.4, 0.5) is 15.8 Å². The number of aryl methyl sites for hydroxylation is 2. The summed E-state index contributed by atoms with van der Waals surface area (Å²) in [5.41, 5.74) is 3.43. The Morgan fingerprint density at radius 1 is 1.05 bits per heavy atom. The van der Waals surface area contributed by atoms with Crippen LogP contribution in [0.2, 0.25) is 0 Å². The van der Waals surface area contributed by atoms with Gasteiger partial charge in [0.1, 0.15) is 5.82 Å². The molecule has 0 atom stereocenters. The van der Waals surface area contributed by atoms with Gasteiger partial charge in [-0.05, 0) is 61.0 Å². The summed E-state index contributed by atoms with van der Waals surface area (Å²) < 4.78 is 13.4. The van der Waals surface area contributed by atoms with Crippen molar-refractivity contribution in [3.05, 3.63) is 59.4 Å². The van der Waals surface area contributed by atoms with Gasteiger partial charge in [0.25, 0.3) is 0 Å². The van der Waals surface area contributed by atoms with Gasteiger partial charge in [0.2, 0.25) is 0 Å². The van der Waals surface area contributed by atoms with Gasteiger partial charge in [0.15, 0.2) is 5.11 Å². The molecule has 2 aromatic carbocycles. The van der Waals surface area contributed by atoms with Gasteiger partial charge in [0.05, 0.1) is 0 Å². The molecule has 0 aromatic heterocycles. The monoisotopic (exact) mass is 288 g/mol.